The fourth-order valence-corrected chi connectivity index (χ4v) is 3.71. The first kappa shape index (κ1) is 15.7. The first-order chi connectivity index (χ1) is 8.42. The summed E-state index contributed by atoms with van der Waals surface area (Å²) in [7, 11) is -3.34. The molecule has 102 valence electrons. The highest BCUT2D eigenvalue weighted by molar-refractivity contribution is 9.09. The second kappa shape index (κ2) is 6.68. The molecule has 0 spiro atoms. The highest BCUT2D eigenvalue weighted by Crippen LogP contribution is 2.28. The second-order valence-corrected chi connectivity index (χ2v) is 7.47. The molecule has 18 heavy (non-hydrogen) atoms. The van der Waals surface area contributed by atoms with Gasteiger partial charge in [-0.25, -0.2) is 13.1 Å². The summed E-state index contributed by atoms with van der Waals surface area (Å²) in [5.74, 6) is 0.404. The fraction of sp³-hybridized carbons (Fsp3) is 0.538. The van der Waals surface area contributed by atoms with Crippen molar-refractivity contribution in [2.45, 2.75) is 42.8 Å². The van der Waals surface area contributed by atoms with E-state index in [0.717, 1.165) is 12.0 Å². The van der Waals surface area contributed by atoms with E-state index in [4.69, 9.17) is 0 Å². The van der Waals surface area contributed by atoms with Gasteiger partial charge in [-0.15, -0.1) is 0 Å². The SMILES string of the molecule is CCNS(=O)(=O)c1ccc(C(CC)C(C)Br)cc1. The largest absolute Gasteiger partial charge is 0.240 e. The lowest BCUT2D eigenvalue weighted by Gasteiger charge is -2.18. The Hall–Kier alpha value is -0.390. The van der Waals surface area contributed by atoms with Crippen molar-refractivity contribution < 1.29 is 8.42 Å². The van der Waals surface area contributed by atoms with Crippen LogP contribution in [0.25, 0.3) is 0 Å². The monoisotopic (exact) mass is 333 g/mol. The summed E-state index contributed by atoms with van der Waals surface area (Å²) in [6.45, 7) is 6.41. The summed E-state index contributed by atoms with van der Waals surface area (Å²) < 4.78 is 26.1. The molecule has 0 aliphatic carbocycles. The number of rotatable bonds is 6. The molecule has 3 nitrogen and oxygen atoms in total. The molecule has 1 rings (SSSR count). The first-order valence-corrected chi connectivity index (χ1v) is 8.56. The lowest BCUT2D eigenvalue weighted by Crippen LogP contribution is -2.23. The van der Waals surface area contributed by atoms with Gasteiger partial charge >= 0.3 is 0 Å². The van der Waals surface area contributed by atoms with E-state index in [2.05, 4.69) is 34.5 Å². The van der Waals surface area contributed by atoms with Crippen LogP contribution in [0.15, 0.2) is 29.2 Å². The standard InChI is InChI=1S/C13H20BrNO2S/c1-4-13(10(3)14)11-6-8-12(9-7-11)18(16,17)15-5-2/h6-10,13,15H,4-5H2,1-3H3. The Morgan fingerprint density at radius 1 is 1.22 bits per heavy atom. The molecular weight excluding hydrogens is 314 g/mol. The molecule has 0 aromatic heterocycles. The maximum Gasteiger partial charge on any atom is 0.240 e. The van der Waals surface area contributed by atoms with Crippen LogP contribution in [0.4, 0.5) is 0 Å². The molecule has 0 fully saturated rings. The summed E-state index contributed by atoms with van der Waals surface area (Å²) in [5, 5.41) is 0. The number of benzene rings is 1. The Morgan fingerprint density at radius 3 is 2.17 bits per heavy atom. The van der Waals surface area contributed by atoms with Gasteiger partial charge in [-0.3, -0.25) is 0 Å². The van der Waals surface area contributed by atoms with Crippen molar-refractivity contribution in [2.75, 3.05) is 6.54 Å². The Balaban J connectivity index is 2.99. The zero-order valence-corrected chi connectivity index (χ0v) is 13.4. The van der Waals surface area contributed by atoms with E-state index in [0.29, 0.717) is 22.2 Å². The number of nitrogens with one attached hydrogen (secondary N) is 1. The van der Waals surface area contributed by atoms with E-state index in [9.17, 15) is 8.42 Å². The van der Waals surface area contributed by atoms with E-state index >= 15 is 0 Å². The third kappa shape index (κ3) is 3.80. The molecule has 2 unspecified atom stereocenters. The van der Waals surface area contributed by atoms with Gasteiger partial charge in [0.1, 0.15) is 0 Å². The van der Waals surface area contributed by atoms with Gasteiger partial charge in [0.15, 0.2) is 0 Å². The van der Waals surface area contributed by atoms with Crippen molar-refractivity contribution >= 4 is 26.0 Å². The maximum atomic E-state index is 11.8. The van der Waals surface area contributed by atoms with Crippen LogP contribution < -0.4 is 4.72 Å². The van der Waals surface area contributed by atoms with Crippen LogP contribution >= 0.6 is 15.9 Å². The van der Waals surface area contributed by atoms with Crippen molar-refractivity contribution in [3.05, 3.63) is 29.8 Å². The number of sulfonamides is 1. The van der Waals surface area contributed by atoms with Gasteiger partial charge in [0.2, 0.25) is 10.0 Å². The van der Waals surface area contributed by atoms with Crippen molar-refractivity contribution in [1.82, 2.24) is 4.72 Å². The predicted octanol–water partition coefficient (Wildman–Crippen LogP) is 3.26. The quantitative estimate of drug-likeness (QED) is 0.812. The second-order valence-electron chi connectivity index (χ2n) is 4.26. The molecule has 1 aromatic rings. The topological polar surface area (TPSA) is 46.2 Å². The van der Waals surface area contributed by atoms with Crippen LogP contribution in [-0.2, 0) is 10.0 Å². The number of hydrogen-bond acceptors (Lipinski definition) is 2. The van der Waals surface area contributed by atoms with Crippen LogP contribution in [0.2, 0.25) is 0 Å². The summed E-state index contributed by atoms with van der Waals surface area (Å²) >= 11 is 3.59. The average Bonchev–Trinajstić information content (AvgIpc) is 2.30. The van der Waals surface area contributed by atoms with E-state index in [1.807, 2.05) is 12.1 Å². The van der Waals surface area contributed by atoms with Crippen LogP contribution in [0, 0.1) is 0 Å². The van der Waals surface area contributed by atoms with Gasteiger partial charge in [0.25, 0.3) is 0 Å². The third-order valence-corrected chi connectivity index (χ3v) is 5.15. The van der Waals surface area contributed by atoms with E-state index in [-0.39, 0.29) is 0 Å². The van der Waals surface area contributed by atoms with Crippen LogP contribution in [0.3, 0.4) is 0 Å². The zero-order valence-electron chi connectivity index (χ0n) is 11.0. The number of hydrogen-bond donors (Lipinski definition) is 1. The molecule has 0 saturated carbocycles. The predicted molar refractivity (Wildman–Crippen MR) is 78.7 cm³/mol. The molecule has 2 atom stereocenters. The minimum atomic E-state index is -3.34. The molecule has 1 N–H and O–H groups in total. The maximum absolute atomic E-state index is 11.8. The van der Waals surface area contributed by atoms with Crippen molar-refractivity contribution in [3.63, 3.8) is 0 Å². The lowest BCUT2D eigenvalue weighted by atomic mass is 9.94. The minimum Gasteiger partial charge on any atom is -0.211 e. The Kier molecular flexibility index (Phi) is 5.82. The Bertz CT molecular complexity index is 468. The molecule has 0 radical (unpaired) electrons. The molecular formula is C13H20BrNO2S. The first-order valence-electron chi connectivity index (χ1n) is 6.16. The zero-order chi connectivity index (χ0) is 13.8. The minimum absolute atomic E-state index is 0.324. The molecule has 1 aromatic carbocycles. The summed E-state index contributed by atoms with van der Waals surface area (Å²) in [4.78, 5) is 0.698. The van der Waals surface area contributed by atoms with Gasteiger partial charge in [-0.2, -0.15) is 0 Å². The Morgan fingerprint density at radius 2 is 1.78 bits per heavy atom. The fourth-order valence-electron chi connectivity index (χ4n) is 1.99. The van der Waals surface area contributed by atoms with E-state index in [1.165, 1.54) is 0 Å². The van der Waals surface area contributed by atoms with E-state index < -0.39 is 10.0 Å². The average molecular weight is 334 g/mol. The molecule has 0 aliphatic heterocycles. The highest BCUT2D eigenvalue weighted by Gasteiger charge is 2.17. The van der Waals surface area contributed by atoms with Gasteiger partial charge in [-0.1, -0.05) is 48.8 Å². The lowest BCUT2D eigenvalue weighted by molar-refractivity contribution is 0.583. The third-order valence-electron chi connectivity index (χ3n) is 2.95. The molecule has 5 heteroatoms. The number of halogens is 1. The number of alkyl halides is 1. The van der Waals surface area contributed by atoms with Gasteiger partial charge in [0.05, 0.1) is 4.90 Å². The van der Waals surface area contributed by atoms with Gasteiger partial charge in [-0.05, 0) is 30.0 Å². The smallest absolute Gasteiger partial charge is 0.211 e. The van der Waals surface area contributed by atoms with Gasteiger partial charge < -0.3 is 0 Å². The molecule has 0 bridgehead atoms. The van der Waals surface area contributed by atoms with Crippen LogP contribution in [0.1, 0.15) is 38.7 Å². The molecule has 0 saturated heterocycles. The van der Waals surface area contributed by atoms with Crippen molar-refractivity contribution in [2.24, 2.45) is 0 Å². The molecule has 0 heterocycles. The van der Waals surface area contributed by atoms with Crippen LogP contribution in [0.5, 0.6) is 0 Å². The summed E-state index contributed by atoms with van der Waals surface area (Å²) in [5.41, 5.74) is 1.16. The molecule has 0 amide bonds. The molecule has 0 aliphatic rings. The summed E-state index contributed by atoms with van der Waals surface area (Å²) in [6, 6.07) is 7.14. The van der Waals surface area contributed by atoms with Crippen molar-refractivity contribution in [1.29, 1.82) is 0 Å². The highest BCUT2D eigenvalue weighted by atomic mass is 79.9. The summed E-state index contributed by atoms with van der Waals surface area (Å²) in [6.07, 6.45) is 1.02. The van der Waals surface area contributed by atoms with Crippen molar-refractivity contribution in [3.8, 4) is 0 Å². The Labute approximate surface area is 118 Å². The van der Waals surface area contributed by atoms with Crippen LogP contribution in [-0.4, -0.2) is 19.8 Å². The van der Waals surface area contributed by atoms with Gasteiger partial charge in [0, 0.05) is 11.4 Å². The normalized spacial score (nSPS) is 15.3. The van der Waals surface area contributed by atoms with E-state index in [1.54, 1.807) is 19.1 Å².